The molecule has 16 heavy (non-hydrogen) atoms. The minimum absolute atomic E-state index is 0.277. The first-order valence-corrected chi connectivity index (χ1v) is 7.23. The largest absolute Gasteiger partial charge is 0.391 e. The van der Waals surface area contributed by atoms with Crippen molar-refractivity contribution in [1.29, 1.82) is 0 Å². The van der Waals surface area contributed by atoms with Crippen LogP contribution in [0.3, 0.4) is 0 Å². The summed E-state index contributed by atoms with van der Waals surface area (Å²) >= 11 is 1.21. The number of hydrogen-bond donors (Lipinski definition) is 2. The van der Waals surface area contributed by atoms with Crippen LogP contribution in [0.2, 0.25) is 0 Å². The first-order chi connectivity index (χ1) is 7.15. The Bertz CT molecular complexity index is 460. The third-order valence-corrected chi connectivity index (χ3v) is 5.59. The van der Waals surface area contributed by atoms with Gasteiger partial charge in [0.05, 0.1) is 11.6 Å². The second-order valence-electron chi connectivity index (χ2n) is 4.37. The molecule has 0 fully saturated rings. The maximum Gasteiger partial charge on any atom is 0.250 e. The zero-order valence-electron chi connectivity index (χ0n) is 9.81. The predicted octanol–water partition coefficient (Wildman–Crippen LogP) is 1.49. The van der Waals surface area contributed by atoms with Gasteiger partial charge in [-0.25, -0.2) is 13.1 Å². The summed E-state index contributed by atoms with van der Waals surface area (Å²) in [7, 11) is -3.53. The van der Waals surface area contributed by atoms with E-state index in [1.54, 1.807) is 32.9 Å². The average molecular weight is 263 g/mol. The molecule has 0 amide bonds. The second kappa shape index (κ2) is 4.44. The smallest absolute Gasteiger partial charge is 0.250 e. The number of aryl methyl sites for hydroxylation is 1. The lowest BCUT2D eigenvalue weighted by atomic mass is 10.0. The van der Waals surface area contributed by atoms with Gasteiger partial charge >= 0.3 is 0 Å². The molecule has 1 rings (SSSR count). The van der Waals surface area contributed by atoms with Crippen molar-refractivity contribution in [3.63, 3.8) is 0 Å². The summed E-state index contributed by atoms with van der Waals surface area (Å²) in [6, 6.07) is 3.33. The highest BCUT2D eigenvalue weighted by atomic mass is 32.2. The Hall–Kier alpha value is -0.430. The van der Waals surface area contributed by atoms with Crippen LogP contribution in [0.1, 0.15) is 25.6 Å². The molecule has 0 radical (unpaired) electrons. The van der Waals surface area contributed by atoms with Gasteiger partial charge in [0.15, 0.2) is 0 Å². The normalized spacial score (nSPS) is 15.1. The summed E-state index contributed by atoms with van der Waals surface area (Å²) < 4.78 is 26.7. The Morgan fingerprint density at radius 2 is 2.00 bits per heavy atom. The fraction of sp³-hybridized carbons (Fsp3) is 0.600. The molecule has 0 spiro atoms. The number of thiophene rings is 1. The van der Waals surface area contributed by atoms with E-state index in [1.165, 1.54) is 11.3 Å². The van der Waals surface area contributed by atoms with Crippen LogP contribution in [0, 0.1) is 6.92 Å². The molecule has 1 atom stereocenters. The van der Waals surface area contributed by atoms with Gasteiger partial charge < -0.3 is 5.11 Å². The summed E-state index contributed by atoms with van der Waals surface area (Å²) in [5.74, 6) is 0. The number of aliphatic hydroxyl groups is 1. The molecule has 0 saturated heterocycles. The van der Waals surface area contributed by atoms with E-state index in [9.17, 15) is 13.5 Å². The summed E-state index contributed by atoms with van der Waals surface area (Å²) in [5, 5.41) is 9.47. The van der Waals surface area contributed by atoms with Gasteiger partial charge in [-0.05, 0) is 39.8 Å². The monoisotopic (exact) mass is 263 g/mol. The van der Waals surface area contributed by atoms with Gasteiger partial charge in [-0.3, -0.25) is 0 Å². The van der Waals surface area contributed by atoms with Gasteiger partial charge in [-0.15, -0.1) is 11.3 Å². The molecule has 1 unspecified atom stereocenters. The molecule has 4 nitrogen and oxygen atoms in total. The fourth-order valence-electron chi connectivity index (χ4n) is 1.04. The number of aliphatic hydroxyl groups excluding tert-OH is 1. The number of nitrogens with one attached hydrogen (secondary N) is 1. The van der Waals surface area contributed by atoms with E-state index >= 15 is 0 Å². The minimum atomic E-state index is -3.53. The van der Waals surface area contributed by atoms with Gasteiger partial charge in [0.2, 0.25) is 0 Å². The third kappa shape index (κ3) is 3.04. The zero-order valence-corrected chi connectivity index (χ0v) is 11.4. The van der Waals surface area contributed by atoms with E-state index in [0.29, 0.717) is 0 Å². The first-order valence-electron chi connectivity index (χ1n) is 4.93. The molecule has 0 aromatic carbocycles. The molecular weight excluding hydrogens is 246 g/mol. The molecular formula is C10H17NO3S2. The van der Waals surface area contributed by atoms with Crippen molar-refractivity contribution < 1.29 is 13.5 Å². The average Bonchev–Trinajstić information content (AvgIpc) is 2.50. The quantitative estimate of drug-likeness (QED) is 0.865. The van der Waals surface area contributed by atoms with Crippen molar-refractivity contribution in [3.05, 3.63) is 17.0 Å². The van der Waals surface area contributed by atoms with Gasteiger partial charge in [-0.1, -0.05) is 0 Å². The Morgan fingerprint density at radius 3 is 2.38 bits per heavy atom. The maximum absolute atomic E-state index is 12.0. The van der Waals surface area contributed by atoms with Crippen LogP contribution >= 0.6 is 11.3 Å². The predicted molar refractivity (Wildman–Crippen MR) is 65.1 cm³/mol. The Labute approximate surface area is 100 Å². The van der Waals surface area contributed by atoms with Crippen molar-refractivity contribution in [2.75, 3.05) is 0 Å². The van der Waals surface area contributed by atoms with Crippen molar-refractivity contribution in [3.8, 4) is 0 Å². The third-order valence-electron chi connectivity index (χ3n) is 2.42. The van der Waals surface area contributed by atoms with Gasteiger partial charge in [0.1, 0.15) is 4.21 Å². The van der Waals surface area contributed by atoms with Crippen LogP contribution in [0.25, 0.3) is 0 Å². The zero-order chi connectivity index (χ0) is 12.6. The van der Waals surface area contributed by atoms with Crippen LogP contribution < -0.4 is 4.72 Å². The van der Waals surface area contributed by atoms with Crippen molar-refractivity contribution >= 4 is 21.4 Å². The molecule has 92 valence electrons. The molecule has 0 aliphatic rings. The minimum Gasteiger partial charge on any atom is -0.391 e. The van der Waals surface area contributed by atoms with Gasteiger partial charge in [0, 0.05) is 4.88 Å². The number of rotatable bonds is 4. The lowest BCUT2D eigenvalue weighted by molar-refractivity contribution is 0.112. The van der Waals surface area contributed by atoms with E-state index in [1.807, 2.05) is 6.92 Å². The molecule has 0 saturated carbocycles. The Morgan fingerprint density at radius 1 is 1.44 bits per heavy atom. The highest BCUT2D eigenvalue weighted by Gasteiger charge is 2.31. The van der Waals surface area contributed by atoms with Crippen molar-refractivity contribution in [2.45, 2.75) is 43.5 Å². The van der Waals surface area contributed by atoms with Gasteiger partial charge in [-0.2, -0.15) is 0 Å². The summed E-state index contributed by atoms with van der Waals surface area (Å²) in [5.41, 5.74) is -0.878. The molecule has 1 heterocycles. The molecule has 0 aliphatic heterocycles. The van der Waals surface area contributed by atoms with Crippen molar-refractivity contribution in [2.24, 2.45) is 0 Å². The molecule has 6 heteroatoms. The maximum atomic E-state index is 12.0. The molecule has 0 aliphatic carbocycles. The highest BCUT2D eigenvalue weighted by Crippen LogP contribution is 2.22. The van der Waals surface area contributed by atoms with Crippen LogP contribution in [0.15, 0.2) is 16.3 Å². The number of sulfonamides is 1. The number of hydrogen-bond acceptors (Lipinski definition) is 4. The molecule has 1 aromatic heterocycles. The van der Waals surface area contributed by atoms with Crippen LogP contribution in [-0.4, -0.2) is 25.2 Å². The topological polar surface area (TPSA) is 66.4 Å². The summed E-state index contributed by atoms with van der Waals surface area (Å²) in [6.07, 6.45) is -0.761. The lowest BCUT2D eigenvalue weighted by Crippen LogP contribution is -2.50. The molecule has 0 bridgehead atoms. The fourth-order valence-corrected chi connectivity index (χ4v) is 3.80. The van der Waals surface area contributed by atoms with Crippen LogP contribution in [0.5, 0.6) is 0 Å². The second-order valence-corrected chi connectivity index (χ2v) is 7.57. The van der Waals surface area contributed by atoms with E-state index < -0.39 is 21.7 Å². The Kier molecular flexibility index (Phi) is 3.79. The lowest BCUT2D eigenvalue weighted by Gasteiger charge is -2.28. The van der Waals surface area contributed by atoms with Crippen LogP contribution in [0.4, 0.5) is 0 Å². The highest BCUT2D eigenvalue weighted by molar-refractivity contribution is 7.91. The Balaban J connectivity index is 2.97. The van der Waals surface area contributed by atoms with Gasteiger partial charge in [0.25, 0.3) is 10.0 Å². The standard InChI is InChI=1S/C10H17NO3S2/c1-7-5-6-9(15-7)16(13,14)11-10(3,4)8(2)12/h5-6,8,11-12H,1-4H3. The van der Waals surface area contributed by atoms with E-state index in [0.717, 1.165) is 4.88 Å². The first kappa shape index (κ1) is 13.6. The SMILES string of the molecule is Cc1ccc(S(=O)(=O)NC(C)(C)C(C)O)s1. The van der Waals surface area contributed by atoms with E-state index in [2.05, 4.69) is 4.72 Å². The summed E-state index contributed by atoms with van der Waals surface area (Å²) in [4.78, 5) is 0.940. The van der Waals surface area contributed by atoms with Crippen LogP contribution in [-0.2, 0) is 10.0 Å². The van der Waals surface area contributed by atoms with E-state index in [-0.39, 0.29) is 4.21 Å². The molecule has 2 N–H and O–H groups in total. The van der Waals surface area contributed by atoms with Crippen molar-refractivity contribution in [1.82, 2.24) is 4.72 Å². The molecule has 1 aromatic rings. The summed E-state index contributed by atoms with van der Waals surface area (Å²) in [6.45, 7) is 6.71. The van der Waals surface area contributed by atoms with E-state index in [4.69, 9.17) is 0 Å².